The zero-order valence-electron chi connectivity index (χ0n) is 12.7. The lowest BCUT2D eigenvalue weighted by Crippen LogP contribution is -2.43. The van der Waals surface area contributed by atoms with Crippen molar-refractivity contribution in [2.75, 3.05) is 0 Å². The van der Waals surface area contributed by atoms with Gasteiger partial charge in [-0.3, -0.25) is 0 Å². The van der Waals surface area contributed by atoms with E-state index in [1.807, 2.05) is 0 Å². The van der Waals surface area contributed by atoms with E-state index in [4.69, 9.17) is 0 Å². The molecule has 8 heteroatoms. The normalized spacial score (nSPS) is 20.8. The maximum absolute atomic E-state index is 11.1. The van der Waals surface area contributed by atoms with Crippen LogP contribution in [0.5, 0.6) is 0 Å². The Morgan fingerprint density at radius 1 is 0.960 bits per heavy atom. The van der Waals surface area contributed by atoms with Crippen LogP contribution in [-0.2, 0) is 25.6 Å². The maximum atomic E-state index is 11.1. The summed E-state index contributed by atoms with van der Waals surface area (Å²) in [6.45, 7) is 0. The predicted octanol–water partition coefficient (Wildman–Crippen LogP) is 1.76. The van der Waals surface area contributed by atoms with E-state index in [9.17, 15) is 19.2 Å². The second-order valence-electron chi connectivity index (χ2n) is 4.94. The molecule has 1 aliphatic carbocycles. The number of nitrogens with zero attached hydrogens (tertiary/aromatic N) is 4. The molecule has 2 atom stereocenters. The number of allylic oxidation sites excluding steroid dienone is 2. The van der Waals surface area contributed by atoms with Crippen LogP contribution in [0.15, 0.2) is 68.2 Å². The fourth-order valence-electron chi connectivity index (χ4n) is 2.65. The van der Waals surface area contributed by atoms with Crippen LogP contribution in [0.1, 0.15) is 5.56 Å². The van der Waals surface area contributed by atoms with E-state index in [-0.39, 0.29) is 12.1 Å². The van der Waals surface area contributed by atoms with Crippen LogP contribution >= 0.6 is 0 Å². The third kappa shape index (κ3) is 3.59. The van der Waals surface area contributed by atoms with Crippen LogP contribution in [0.25, 0.3) is 0 Å². The molecule has 2 rings (SSSR count). The van der Waals surface area contributed by atoms with Crippen LogP contribution in [-0.4, -0.2) is 35.9 Å². The van der Waals surface area contributed by atoms with Gasteiger partial charge >= 0.3 is 0 Å². The zero-order chi connectivity index (χ0) is 18.1. The first-order valence-electron chi connectivity index (χ1n) is 7.00. The molecular weight excluding hydrogens is 324 g/mol. The highest BCUT2D eigenvalue weighted by Gasteiger charge is 2.44. The maximum Gasteiger partial charge on any atom is 0.240 e. The molecule has 0 bridgehead atoms. The van der Waals surface area contributed by atoms with Gasteiger partial charge in [0.2, 0.25) is 24.3 Å². The van der Waals surface area contributed by atoms with Gasteiger partial charge < -0.3 is 0 Å². The fraction of sp³-hybridized carbons (Fsp3) is 0.176. The number of hydrogen-bond donors (Lipinski definition) is 0. The molecule has 0 saturated carbocycles. The smallest absolute Gasteiger partial charge is 0.211 e. The highest BCUT2D eigenvalue weighted by molar-refractivity contribution is 5.57. The van der Waals surface area contributed by atoms with Crippen molar-refractivity contribution >= 4 is 30.0 Å². The molecule has 8 nitrogen and oxygen atoms in total. The average molecular weight is 334 g/mol. The highest BCUT2D eigenvalue weighted by Crippen LogP contribution is 2.37. The van der Waals surface area contributed by atoms with E-state index in [2.05, 4.69) is 20.0 Å². The standard InChI is InChI=1S/C17H10N4O4/c22-9-18-14-5-2-1-4-13(14)8-17(21-12-25)15(19-10-23)6-3-7-16(17)20-11-24/h1-7,15H,8H2. The van der Waals surface area contributed by atoms with Gasteiger partial charge in [0, 0.05) is 6.42 Å². The van der Waals surface area contributed by atoms with Crippen molar-refractivity contribution in [1.82, 2.24) is 0 Å². The summed E-state index contributed by atoms with van der Waals surface area (Å²) < 4.78 is 0. The molecule has 0 radical (unpaired) electrons. The van der Waals surface area contributed by atoms with E-state index in [0.29, 0.717) is 11.3 Å². The predicted molar refractivity (Wildman–Crippen MR) is 86.0 cm³/mol. The number of isocyanates is 4. The Balaban J connectivity index is 2.70. The Morgan fingerprint density at radius 2 is 1.72 bits per heavy atom. The van der Waals surface area contributed by atoms with Crippen LogP contribution in [0.2, 0.25) is 0 Å². The van der Waals surface area contributed by atoms with Crippen LogP contribution < -0.4 is 0 Å². The van der Waals surface area contributed by atoms with Crippen LogP contribution in [0.4, 0.5) is 5.69 Å². The summed E-state index contributed by atoms with van der Waals surface area (Å²) in [6, 6.07) is 5.64. The summed E-state index contributed by atoms with van der Waals surface area (Å²) in [6.07, 6.45) is 10.2. The summed E-state index contributed by atoms with van der Waals surface area (Å²) >= 11 is 0. The average Bonchev–Trinajstić information content (AvgIpc) is 2.61. The van der Waals surface area contributed by atoms with Crippen LogP contribution in [0, 0.1) is 0 Å². The molecule has 1 aromatic rings. The van der Waals surface area contributed by atoms with E-state index < -0.39 is 11.6 Å². The SMILES string of the molecule is O=C=NC1=CC=CC(N=C=O)C1(Cc1ccccc1N=C=O)N=C=O. The van der Waals surface area contributed by atoms with Gasteiger partial charge in [-0.15, -0.1) is 0 Å². The van der Waals surface area contributed by atoms with Gasteiger partial charge in [0.15, 0.2) is 0 Å². The number of carbonyl (C=O) groups excluding carboxylic acids is 4. The summed E-state index contributed by atoms with van der Waals surface area (Å²) in [5, 5.41) is 0. The molecule has 0 N–H and O–H groups in total. The summed E-state index contributed by atoms with van der Waals surface area (Å²) in [7, 11) is 0. The van der Waals surface area contributed by atoms with Crippen molar-refractivity contribution in [3.63, 3.8) is 0 Å². The Kier molecular flexibility index (Phi) is 5.75. The van der Waals surface area contributed by atoms with Crippen molar-refractivity contribution in [2.45, 2.75) is 18.0 Å². The minimum absolute atomic E-state index is 0.0270. The molecule has 0 amide bonds. The molecule has 0 aromatic heterocycles. The minimum atomic E-state index is -1.51. The minimum Gasteiger partial charge on any atom is -0.211 e. The van der Waals surface area contributed by atoms with Gasteiger partial charge in [-0.1, -0.05) is 30.4 Å². The van der Waals surface area contributed by atoms with Crippen molar-refractivity contribution in [2.24, 2.45) is 20.0 Å². The second kappa shape index (κ2) is 8.18. The molecule has 0 fully saturated rings. The van der Waals surface area contributed by atoms with Gasteiger partial charge in [0.05, 0.1) is 11.4 Å². The van der Waals surface area contributed by atoms with E-state index in [0.717, 1.165) is 0 Å². The number of benzene rings is 1. The van der Waals surface area contributed by atoms with Gasteiger partial charge in [0.1, 0.15) is 11.6 Å². The number of hydrogen-bond acceptors (Lipinski definition) is 8. The van der Waals surface area contributed by atoms with E-state index in [1.54, 1.807) is 24.3 Å². The van der Waals surface area contributed by atoms with E-state index >= 15 is 0 Å². The Bertz CT molecular complexity index is 926. The number of para-hydroxylation sites is 1. The lowest BCUT2D eigenvalue weighted by molar-refractivity contribution is 0.431. The van der Waals surface area contributed by atoms with Gasteiger partial charge in [-0.2, -0.15) is 20.0 Å². The molecule has 0 saturated heterocycles. The fourth-order valence-corrected chi connectivity index (χ4v) is 2.65. The quantitative estimate of drug-likeness (QED) is 0.582. The first-order chi connectivity index (χ1) is 12.2. The Hall–Kier alpha value is -3.78. The number of aliphatic imine (C=N–C) groups is 4. The molecular formula is C17H10N4O4. The lowest BCUT2D eigenvalue weighted by Gasteiger charge is -2.33. The van der Waals surface area contributed by atoms with Gasteiger partial charge in [0.25, 0.3) is 0 Å². The molecule has 0 spiro atoms. The third-order valence-electron chi connectivity index (χ3n) is 3.70. The van der Waals surface area contributed by atoms with Crippen molar-refractivity contribution in [3.05, 3.63) is 53.8 Å². The monoisotopic (exact) mass is 334 g/mol. The summed E-state index contributed by atoms with van der Waals surface area (Å²) in [5.41, 5.74) is -0.629. The molecule has 2 unspecified atom stereocenters. The van der Waals surface area contributed by atoms with Crippen LogP contribution in [0.3, 0.4) is 0 Å². The molecule has 1 aromatic carbocycles. The van der Waals surface area contributed by atoms with Gasteiger partial charge in [-0.05, 0) is 17.7 Å². The van der Waals surface area contributed by atoms with Gasteiger partial charge in [-0.25, -0.2) is 19.2 Å². The molecule has 0 aliphatic heterocycles. The first-order valence-corrected chi connectivity index (χ1v) is 7.00. The Labute approximate surface area is 141 Å². The third-order valence-corrected chi connectivity index (χ3v) is 3.70. The molecule has 122 valence electrons. The summed E-state index contributed by atoms with van der Waals surface area (Å²) in [4.78, 5) is 57.9. The topological polar surface area (TPSA) is 118 Å². The zero-order valence-corrected chi connectivity index (χ0v) is 12.7. The molecule has 25 heavy (non-hydrogen) atoms. The number of rotatable bonds is 6. The highest BCUT2D eigenvalue weighted by atomic mass is 16.1. The summed E-state index contributed by atoms with van der Waals surface area (Å²) in [5.74, 6) is 0. The Morgan fingerprint density at radius 3 is 2.40 bits per heavy atom. The van der Waals surface area contributed by atoms with Crippen molar-refractivity contribution in [1.29, 1.82) is 0 Å². The van der Waals surface area contributed by atoms with Crippen molar-refractivity contribution in [3.8, 4) is 0 Å². The molecule has 1 aliphatic rings. The molecule has 0 heterocycles. The lowest BCUT2D eigenvalue weighted by atomic mass is 9.78. The first kappa shape index (κ1) is 17.6. The second-order valence-corrected chi connectivity index (χ2v) is 4.94. The van der Waals surface area contributed by atoms with Crippen molar-refractivity contribution < 1.29 is 19.2 Å². The largest absolute Gasteiger partial charge is 0.240 e. The van der Waals surface area contributed by atoms with E-state index in [1.165, 1.54) is 42.5 Å².